The highest BCUT2D eigenvalue weighted by atomic mass is 79.9. The Morgan fingerprint density at radius 2 is 2.23 bits per heavy atom. The monoisotopic (exact) mass is 243 g/mol. The van der Waals surface area contributed by atoms with Crippen molar-refractivity contribution in [2.24, 2.45) is 0 Å². The largest absolute Gasteiger partial charge is 0.293 e. The van der Waals surface area contributed by atoms with Crippen LogP contribution in [0.15, 0.2) is 10.7 Å². The number of aromatic nitrogens is 2. The number of rotatable bonds is 1. The molecule has 2 heterocycles. The van der Waals surface area contributed by atoms with Gasteiger partial charge >= 0.3 is 0 Å². The summed E-state index contributed by atoms with van der Waals surface area (Å²) in [6.45, 7) is 7.61. The van der Waals surface area contributed by atoms with Crippen LogP contribution in [-0.4, -0.2) is 27.3 Å². The molecule has 1 aliphatic heterocycles. The molecule has 2 rings (SSSR count). The minimum absolute atomic E-state index is 0.621. The predicted octanol–water partition coefficient (Wildman–Crippen LogP) is 1.87. The first-order valence-corrected chi connectivity index (χ1v) is 5.42. The van der Waals surface area contributed by atoms with Crippen molar-refractivity contribution in [2.45, 2.75) is 33.0 Å². The molecule has 1 aromatic heterocycles. The molecule has 1 aromatic rings. The third-order valence-electron chi connectivity index (χ3n) is 2.58. The fourth-order valence-electron chi connectivity index (χ4n) is 1.67. The van der Waals surface area contributed by atoms with E-state index in [0.717, 1.165) is 24.1 Å². The molecule has 1 aliphatic rings. The summed E-state index contributed by atoms with van der Waals surface area (Å²) in [6.07, 6.45) is 1.89. The summed E-state index contributed by atoms with van der Waals surface area (Å²) in [7, 11) is 0. The van der Waals surface area contributed by atoms with E-state index in [9.17, 15) is 0 Å². The average Bonchev–Trinajstić information content (AvgIpc) is 2.47. The zero-order valence-corrected chi connectivity index (χ0v) is 9.58. The third-order valence-corrected chi connectivity index (χ3v) is 3.24. The Bertz CT molecular complexity index is 306. The summed E-state index contributed by atoms with van der Waals surface area (Å²) in [5.41, 5.74) is 1.31. The molecule has 0 unspecified atom stereocenters. The van der Waals surface area contributed by atoms with Gasteiger partial charge in [0.05, 0.1) is 22.9 Å². The third kappa shape index (κ3) is 1.65. The van der Waals surface area contributed by atoms with Gasteiger partial charge in [0.1, 0.15) is 0 Å². The quantitative estimate of drug-likeness (QED) is 0.752. The highest BCUT2D eigenvalue weighted by Gasteiger charge is 2.20. The van der Waals surface area contributed by atoms with Crippen molar-refractivity contribution in [1.82, 2.24) is 14.7 Å². The fourth-order valence-corrected chi connectivity index (χ4v) is 2.09. The van der Waals surface area contributed by atoms with Crippen LogP contribution in [0.4, 0.5) is 0 Å². The molecule has 3 nitrogen and oxygen atoms in total. The van der Waals surface area contributed by atoms with Crippen LogP contribution in [0.3, 0.4) is 0 Å². The molecule has 0 saturated carbocycles. The summed E-state index contributed by atoms with van der Waals surface area (Å²) in [5.74, 6) is 0. The van der Waals surface area contributed by atoms with Crippen LogP contribution >= 0.6 is 15.9 Å². The summed E-state index contributed by atoms with van der Waals surface area (Å²) in [4.78, 5) is 2.46. The molecular weight excluding hydrogens is 230 g/mol. The van der Waals surface area contributed by atoms with Gasteiger partial charge in [-0.3, -0.25) is 9.58 Å². The summed E-state index contributed by atoms with van der Waals surface area (Å²) < 4.78 is 3.22. The second kappa shape index (κ2) is 3.42. The maximum atomic E-state index is 4.29. The lowest BCUT2D eigenvalue weighted by molar-refractivity contribution is 0.170. The number of nitrogens with zero attached hydrogens (tertiary/aromatic N) is 3. The standard InChI is InChI=1S/C9H14BrN3/c1-7(2)12-3-4-13-9(6-12)8(10)5-11-13/h5,7H,3-4,6H2,1-2H3. The van der Waals surface area contributed by atoms with E-state index in [1.807, 2.05) is 6.20 Å². The number of hydrogen-bond acceptors (Lipinski definition) is 2. The molecule has 13 heavy (non-hydrogen) atoms. The minimum Gasteiger partial charge on any atom is -0.293 e. The van der Waals surface area contributed by atoms with E-state index in [1.165, 1.54) is 5.69 Å². The number of fused-ring (bicyclic) bond motifs is 1. The lowest BCUT2D eigenvalue weighted by atomic mass is 10.2. The van der Waals surface area contributed by atoms with E-state index in [2.05, 4.69) is 44.5 Å². The highest BCUT2D eigenvalue weighted by Crippen LogP contribution is 2.22. The Labute approximate surface area is 86.8 Å². The van der Waals surface area contributed by atoms with Gasteiger partial charge in [-0.05, 0) is 29.8 Å². The van der Waals surface area contributed by atoms with Gasteiger partial charge in [0.2, 0.25) is 0 Å². The van der Waals surface area contributed by atoms with Crippen molar-refractivity contribution in [3.05, 3.63) is 16.4 Å². The van der Waals surface area contributed by atoms with Gasteiger partial charge in [0.25, 0.3) is 0 Å². The molecule has 0 fully saturated rings. The van der Waals surface area contributed by atoms with Gasteiger partial charge in [-0.15, -0.1) is 0 Å². The average molecular weight is 244 g/mol. The molecule has 0 atom stereocenters. The van der Waals surface area contributed by atoms with Crippen molar-refractivity contribution < 1.29 is 0 Å². The minimum atomic E-state index is 0.621. The van der Waals surface area contributed by atoms with Crippen LogP contribution in [0.1, 0.15) is 19.5 Å². The second-order valence-corrected chi connectivity index (χ2v) is 4.58. The molecule has 72 valence electrons. The Morgan fingerprint density at radius 1 is 1.46 bits per heavy atom. The van der Waals surface area contributed by atoms with Crippen molar-refractivity contribution in [2.75, 3.05) is 6.54 Å². The number of halogens is 1. The Balaban J connectivity index is 2.22. The first kappa shape index (κ1) is 9.21. The first-order valence-electron chi connectivity index (χ1n) is 4.62. The SMILES string of the molecule is CC(C)N1CCn2ncc(Br)c2C1. The number of hydrogen-bond donors (Lipinski definition) is 0. The molecule has 0 bridgehead atoms. The summed E-state index contributed by atoms with van der Waals surface area (Å²) >= 11 is 3.52. The van der Waals surface area contributed by atoms with E-state index < -0.39 is 0 Å². The lowest BCUT2D eigenvalue weighted by Gasteiger charge is -2.30. The zero-order valence-electron chi connectivity index (χ0n) is 8.00. The van der Waals surface area contributed by atoms with E-state index in [4.69, 9.17) is 0 Å². The maximum Gasteiger partial charge on any atom is 0.0667 e. The van der Waals surface area contributed by atoms with Crippen LogP contribution in [0.5, 0.6) is 0 Å². The zero-order chi connectivity index (χ0) is 9.42. The summed E-state index contributed by atoms with van der Waals surface area (Å²) in [6, 6.07) is 0.621. The van der Waals surface area contributed by atoms with E-state index in [0.29, 0.717) is 6.04 Å². The van der Waals surface area contributed by atoms with Crippen molar-refractivity contribution in [3.63, 3.8) is 0 Å². The second-order valence-electron chi connectivity index (χ2n) is 3.73. The Hall–Kier alpha value is -0.350. The molecular formula is C9H14BrN3. The van der Waals surface area contributed by atoms with Crippen LogP contribution in [0, 0.1) is 0 Å². The van der Waals surface area contributed by atoms with E-state index >= 15 is 0 Å². The van der Waals surface area contributed by atoms with Crippen LogP contribution in [-0.2, 0) is 13.1 Å². The van der Waals surface area contributed by atoms with Crippen LogP contribution < -0.4 is 0 Å². The summed E-state index contributed by atoms with van der Waals surface area (Å²) in [5, 5.41) is 4.29. The van der Waals surface area contributed by atoms with Crippen molar-refractivity contribution in [3.8, 4) is 0 Å². The normalized spacial score (nSPS) is 17.8. The van der Waals surface area contributed by atoms with Crippen molar-refractivity contribution >= 4 is 15.9 Å². The maximum absolute atomic E-state index is 4.29. The predicted molar refractivity (Wildman–Crippen MR) is 55.5 cm³/mol. The van der Waals surface area contributed by atoms with Crippen molar-refractivity contribution in [1.29, 1.82) is 0 Å². The molecule has 4 heteroatoms. The topological polar surface area (TPSA) is 21.1 Å². The van der Waals surface area contributed by atoms with Crippen LogP contribution in [0.25, 0.3) is 0 Å². The molecule has 0 spiro atoms. The highest BCUT2D eigenvalue weighted by molar-refractivity contribution is 9.10. The van der Waals surface area contributed by atoms with E-state index in [-0.39, 0.29) is 0 Å². The Kier molecular flexibility index (Phi) is 2.43. The van der Waals surface area contributed by atoms with Gasteiger partial charge in [-0.2, -0.15) is 5.10 Å². The van der Waals surface area contributed by atoms with Gasteiger partial charge in [-0.1, -0.05) is 0 Å². The molecule has 0 amide bonds. The van der Waals surface area contributed by atoms with Gasteiger partial charge in [0, 0.05) is 19.1 Å². The molecule has 0 aromatic carbocycles. The van der Waals surface area contributed by atoms with Gasteiger partial charge in [0.15, 0.2) is 0 Å². The van der Waals surface area contributed by atoms with Gasteiger partial charge in [-0.25, -0.2) is 0 Å². The van der Waals surface area contributed by atoms with Gasteiger partial charge < -0.3 is 0 Å². The smallest absolute Gasteiger partial charge is 0.0667 e. The first-order chi connectivity index (χ1) is 6.18. The fraction of sp³-hybridized carbons (Fsp3) is 0.667. The Morgan fingerprint density at radius 3 is 2.92 bits per heavy atom. The van der Waals surface area contributed by atoms with E-state index in [1.54, 1.807) is 0 Å². The van der Waals surface area contributed by atoms with Crippen LogP contribution in [0.2, 0.25) is 0 Å². The lowest BCUT2D eigenvalue weighted by Crippen LogP contribution is -2.38. The molecule has 0 aliphatic carbocycles. The molecule has 0 N–H and O–H groups in total. The molecule has 0 radical (unpaired) electrons. The molecule has 0 saturated heterocycles.